The van der Waals surface area contributed by atoms with Crippen molar-refractivity contribution in [2.75, 3.05) is 5.32 Å². The number of nitrogens with one attached hydrogen (secondary N) is 1. The molecule has 2 nitrogen and oxygen atoms in total. The standard InChI is InChI=1S/C10H12INOS/c1-7(2)8-3-5-9(6-4-8)12-10(14)13-11/h3-7H,1-2H3,(H,12,14). The Labute approximate surface area is 104 Å². The van der Waals surface area contributed by atoms with Gasteiger partial charge in [-0.05, 0) is 35.8 Å². The molecule has 0 bridgehead atoms. The zero-order valence-electron chi connectivity index (χ0n) is 8.08. The number of halogens is 1. The summed E-state index contributed by atoms with van der Waals surface area (Å²) in [7, 11) is 0. The third-order valence-corrected chi connectivity index (χ3v) is 2.82. The maximum absolute atomic E-state index is 4.88. The first-order chi connectivity index (χ1) is 6.63. The van der Waals surface area contributed by atoms with Gasteiger partial charge in [-0.1, -0.05) is 26.0 Å². The third kappa shape index (κ3) is 3.42. The summed E-state index contributed by atoms with van der Waals surface area (Å²) in [6.45, 7) is 4.34. The van der Waals surface area contributed by atoms with Crippen LogP contribution in [0.1, 0.15) is 25.3 Å². The molecule has 0 aliphatic carbocycles. The molecule has 0 fully saturated rings. The number of benzene rings is 1. The molecule has 0 aromatic heterocycles. The van der Waals surface area contributed by atoms with Gasteiger partial charge in [0, 0.05) is 5.69 Å². The Hall–Kier alpha value is -0.360. The van der Waals surface area contributed by atoms with Crippen molar-refractivity contribution in [2.45, 2.75) is 19.8 Å². The number of anilines is 1. The number of hydrogen-bond donors (Lipinski definition) is 1. The van der Waals surface area contributed by atoms with Crippen LogP contribution in [0.3, 0.4) is 0 Å². The smallest absolute Gasteiger partial charge is 0.271 e. The lowest BCUT2D eigenvalue weighted by molar-refractivity contribution is 0.738. The molecular formula is C10H12INOS. The average Bonchev–Trinajstić information content (AvgIpc) is 2.18. The lowest BCUT2D eigenvalue weighted by Crippen LogP contribution is -2.07. The van der Waals surface area contributed by atoms with E-state index in [2.05, 4.69) is 31.3 Å². The van der Waals surface area contributed by atoms with Gasteiger partial charge in [0.25, 0.3) is 5.17 Å². The second-order valence-electron chi connectivity index (χ2n) is 3.27. The van der Waals surface area contributed by atoms with Crippen molar-refractivity contribution in [1.29, 1.82) is 0 Å². The summed E-state index contributed by atoms with van der Waals surface area (Å²) in [5, 5.41) is 3.34. The normalized spacial score (nSPS) is 10.0. The second-order valence-corrected chi connectivity index (χ2v) is 4.08. The summed E-state index contributed by atoms with van der Waals surface area (Å²) in [5.41, 5.74) is 2.27. The van der Waals surface area contributed by atoms with Gasteiger partial charge in [-0.3, -0.25) is 0 Å². The van der Waals surface area contributed by atoms with Gasteiger partial charge in [0.15, 0.2) is 23.0 Å². The first-order valence-corrected chi connectivity index (χ1v) is 5.62. The highest BCUT2D eigenvalue weighted by Crippen LogP contribution is 2.17. The van der Waals surface area contributed by atoms with Crippen molar-refractivity contribution < 1.29 is 3.07 Å². The van der Waals surface area contributed by atoms with Crippen LogP contribution in [0.5, 0.6) is 0 Å². The van der Waals surface area contributed by atoms with Gasteiger partial charge in [-0.15, -0.1) is 0 Å². The van der Waals surface area contributed by atoms with E-state index in [1.807, 2.05) is 12.1 Å². The minimum atomic E-state index is 0.378. The monoisotopic (exact) mass is 321 g/mol. The lowest BCUT2D eigenvalue weighted by atomic mass is 10.0. The Morgan fingerprint density at radius 1 is 1.36 bits per heavy atom. The van der Waals surface area contributed by atoms with Gasteiger partial charge in [-0.25, -0.2) is 0 Å². The van der Waals surface area contributed by atoms with Crippen molar-refractivity contribution in [3.05, 3.63) is 29.8 Å². The summed E-state index contributed by atoms with van der Waals surface area (Å²) in [6.07, 6.45) is 0. The molecule has 1 N–H and O–H groups in total. The minimum absolute atomic E-state index is 0.378. The van der Waals surface area contributed by atoms with Crippen LogP contribution in [-0.2, 0) is 3.07 Å². The van der Waals surface area contributed by atoms with Crippen LogP contribution in [-0.4, -0.2) is 5.17 Å². The largest absolute Gasteiger partial charge is 0.400 e. The lowest BCUT2D eigenvalue weighted by Gasteiger charge is -2.08. The summed E-state index contributed by atoms with van der Waals surface area (Å²) in [6, 6.07) is 8.17. The van der Waals surface area contributed by atoms with E-state index in [-0.39, 0.29) is 0 Å². The molecule has 0 heterocycles. The molecule has 1 aromatic rings. The van der Waals surface area contributed by atoms with Crippen LogP contribution in [0.4, 0.5) is 5.69 Å². The fourth-order valence-corrected chi connectivity index (χ4v) is 1.32. The topological polar surface area (TPSA) is 21.3 Å². The van der Waals surface area contributed by atoms with Crippen LogP contribution < -0.4 is 5.32 Å². The molecule has 1 rings (SSSR count). The highest BCUT2D eigenvalue weighted by atomic mass is 127. The Balaban J connectivity index is 2.69. The van der Waals surface area contributed by atoms with Crippen LogP contribution in [0.15, 0.2) is 24.3 Å². The van der Waals surface area contributed by atoms with Crippen molar-refractivity contribution >= 4 is 46.1 Å². The zero-order valence-corrected chi connectivity index (χ0v) is 11.1. The molecule has 0 spiro atoms. The predicted molar refractivity (Wildman–Crippen MR) is 71.9 cm³/mol. The van der Waals surface area contributed by atoms with E-state index in [1.54, 1.807) is 23.0 Å². The first kappa shape index (κ1) is 11.7. The zero-order chi connectivity index (χ0) is 10.6. The van der Waals surface area contributed by atoms with E-state index < -0.39 is 0 Å². The average molecular weight is 321 g/mol. The summed E-state index contributed by atoms with van der Waals surface area (Å²) in [4.78, 5) is 0. The van der Waals surface area contributed by atoms with Crippen molar-refractivity contribution in [1.82, 2.24) is 0 Å². The maximum atomic E-state index is 4.88. The molecule has 14 heavy (non-hydrogen) atoms. The van der Waals surface area contributed by atoms with Crippen molar-refractivity contribution in [3.63, 3.8) is 0 Å². The second kappa shape index (κ2) is 5.50. The van der Waals surface area contributed by atoms with E-state index in [9.17, 15) is 0 Å². The highest BCUT2D eigenvalue weighted by molar-refractivity contribution is 14.1. The molecule has 0 unspecified atom stereocenters. The van der Waals surface area contributed by atoms with Gasteiger partial charge in [-0.2, -0.15) is 0 Å². The van der Waals surface area contributed by atoms with Crippen LogP contribution in [0.2, 0.25) is 0 Å². The molecule has 76 valence electrons. The van der Waals surface area contributed by atoms with Gasteiger partial charge in [0.1, 0.15) is 0 Å². The molecular weight excluding hydrogens is 309 g/mol. The van der Waals surface area contributed by atoms with Gasteiger partial charge < -0.3 is 8.38 Å². The van der Waals surface area contributed by atoms with E-state index in [0.717, 1.165) is 5.69 Å². The quantitative estimate of drug-likeness (QED) is 0.660. The SMILES string of the molecule is CC(C)c1ccc(NC(=S)OI)cc1. The van der Waals surface area contributed by atoms with Crippen LogP contribution >= 0.6 is 35.2 Å². The predicted octanol–water partition coefficient (Wildman–Crippen LogP) is 3.87. The van der Waals surface area contributed by atoms with Crippen LogP contribution in [0.25, 0.3) is 0 Å². The Bertz CT molecular complexity index is 310. The fraction of sp³-hybridized carbons (Fsp3) is 0.300. The van der Waals surface area contributed by atoms with E-state index in [0.29, 0.717) is 11.1 Å². The maximum Gasteiger partial charge on any atom is 0.271 e. The Kier molecular flexibility index (Phi) is 4.60. The van der Waals surface area contributed by atoms with Crippen LogP contribution in [0, 0.1) is 0 Å². The fourth-order valence-electron chi connectivity index (χ4n) is 1.09. The van der Waals surface area contributed by atoms with Crippen molar-refractivity contribution in [3.8, 4) is 0 Å². The van der Waals surface area contributed by atoms with E-state index >= 15 is 0 Å². The Morgan fingerprint density at radius 3 is 2.36 bits per heavy atom. The van der Waals surface area contributed by atoms with E-state index in [4.69, 9.17) is 15.3 Å². The molecule has 4 heteroatoms. The first-order valence-electron chi connectivity index (χ1n) is 4.33. The number of rotatable bonds is 2. The van der Waals surface area contributed by atoms with Gasteiger partial charge in [0.05, 0.1) is 0 Å². The molecule has 1 aromatic carbocycles. The molecule has 0 radical (unpaired) electrons. The molecule has 0 atom stereocenters. The molecule has 0 aliphatic rings. The summed E-state index contributed by atoms with van der Waals surface area (Å²) in [5.74, 6) is 0.553. The Morgan fingerprint density at radius 2 is 1.93 bits per heavy atom. The highest BCUT2D eigenvalue weighted by Gasteiger charge is 2.00. The molecule has 0 saturated carbocycles. The minimum Gasteiger partial charge on any atom is -0.400 e. The molecule has 0 aliphatic heterocycles. The van der Waals surface area contributed by atoms with Gasteiger partial charge >= 0.3 is 0 Å². The van der Waals surface area contributed by atoms with Crippen molar-refractivity contribution in [2.24, 2.45) is 0 Å². The van der Waals surface area contributed by atoms with E-state index in [1.165, 1.54) is 5.56 Å². The molecule has 0 saturated heterocycles. The number of thiocarbonyl (C=S) groups is 1. The summed E-state index contributed by atoms with van der Waals surface area (Å²) >= 11 is 6.63. The summed E-state index contributed by atoms with van der Waals surface area (Å²) < 4.78 is 4.82. The number of hydrogen-bond acceptors (Lipinski definition) is 2. The van der Waals surface area contributed by atoms with Gasteiger partial charge in [0.2, 0.25) is 0 Å². The molecule has 0 amide bonds. The third-order valence-electron chi connectivity index (χ3n) is 1.89.